The molecule has 1 heterocycles. The highest BCUT2D eigenvalue weighted by Crippen LogP contribution is 2.31. The first-order valence-corrected chi connectivity index (χ1v) is 4.16. The number of hydrogen-bond donors (Lipinski definition) is 1. The highest BCUT2D eigenvalue weighted by atomic mass is 19.4. The Bertz CT molecular complexity index is 403. The van der Waals surface area contributed by atoms with E-state index in [1.807, 2.05) is 0 Å². The van der Waals surface area contributed by atoms with Crippen molar-refractivity contribution >= 4 is 5.97 Å². The molecular formula is C9H8F3NO3. The lowest BCUT2D eigenvalue weighted by Crippen LogP contribution is -2.09. The van der Waals surface area contributed by atoms with Gasteiger partial charge in [-0.3, -0.25) is 9.78 Å². The Morgan fingerprint density at radius 1 is 1.56 bits per heavy atom. The zero-order chi connectivity index (χ0) is 12.3. The molecule has 0 saturated carbocycles. The van der Waals surface area contributed by atoms with Gasteiger partial charge in [0.25, 0.3) is 0 Å². The van der Waals surface area contributed by atoms with E-state index < -0.39 is 24.1 Å². The predicted molar refractivity (Wildman–Crippen MR) is 47.1 cm³/mol. The summed E-state index contributed by atoms with van der Waals surface area (Å²) in [6, 6.07) is 0.727. The summed E-state index contributed by atoms with van der Waals surface area (Å²) in [5.74, 6) is -1.37. The van der Waals surface area contributed by atoms with Gasteiger partial charge in [0.2, 0.25) is 0 Å². The van der Waals surface area contributed by atoms with Crippen molar-refractivity contribution in [3.63, 3.8) is 0 Å². The second-order valence-corrected chi connectivity index (χ2v) is 2.94. The van der Waals surface area contributed by atoms with Gasteiger partial charge >= 0.3 is 12.1 Å². The Morgan fingerprint density at radius 3 is 2.62 bits per heavy atom. The van der Waals surface area contributed by atoms with Crippen molar-refractivity contribution in [2.75, 3.05) is 7.11 Å². The maximum Gasteiger partial charge on any atom is 0.418 e. The molecule has 0 fully saturated rings. The number of aromatic nitrogens is 1. The van der Waals surface area contributed by atoms with Crippen LogP contribution in [-0.2, 0) is 17.4 Å². The van der Waals surface area contributed by atoms with E-state index in [1.165, 1.54) is 0 Å². The maximum absolute atomic E-state index is 12.3. The highest BCUT2D eigenvalue weighted by molar-refractivity contribution is 5.70. The molecule has 0 bridgehead atoms. The molecular weight excluding hydrogens is 227 g/mol. The van der Waals surface area contributed by atoms with Gasteiger partial charge in [-0.15, -0.1) is 0 Å². The molecule has 0 aromatic carbocycles. The standard InChI is InChI=1S/C9H8F3NO3/c1-16-7-2-5(9(10,11)12)4-13-6(7)3-8(14)15/h2,4H,3H2,1H3,(H,14,15). The molecule has 0 radical (unpaired) electrons. The molecule has 16 heavy (non-hydrogen) atoms. The molecule has 0 atom stereocenters. The van der Waals surface area contributed by atoms with Gasteiger partial charge in [-0.05, 0) is 6.07 Å². The van der Waals surface area contributed by atoms with Gasteiger partial charge < -0.3 is 9.84 Å². The minimum absolute atomic E-state index is 0.0389. The fourth-order valence-corrected chi connectivity index (χ4v) is 1.08. The smallest absolute Gasteiger partial charge is 0.418 e. The largest absolute Gasteiger partial charge is 0.495 e. The van der Waals surface area contributed by atoms with Gasteiger partial charge in [0.05, 0.1) is 24.8 Å². The van der Waals surface area contributed by atoms with Crippen LogP contribution in [0.3, 0.4) is 0 Å². The number of nitrogens with zero attached hydrogens (tertiary/aromatic N) is 1. The summed E-state index contributed by atoms with van der Waals surface area (Å²) in [7, 11) is 1.16. The molecule has 0 saturated heterocycles. The van der Waals surface area contributed by atoms with Crippen LogP contribution in [0.5, 0.6) is 5.75 Å². The Morgan fingerprint density at radius 2 is 2.19 bits per heavy atom. The van der Waals surface area contributed by atoms with Crippen LogP contribution in [0.25, 0.3) is 0 Å². The van der Waals surface area contributed by atoms with E-state index in [9.17, 15) is 18.0 Å². The molecule has 1 aromatic heterocycles. The van der Waals surface area contributed by atoms with Crippen molar-refractivity contribution in [2.24, 2.45) is 0 Å². The molecule has 0 unspecified atom stereocenters. The van der Waals surface area contributed by atoms with Gasteiger partial charge in [-0.1, -0.05) is 0 Å². The quantitative estimate of drug-likeness (QED) is 0.866. The Hall–Kier alpha value is -1.79. The van der Waals surface area contributed by atoms with Gasteiger partial charge in [0.1, 0.15) is 5.75 Å². The number of aliphatic carboxylic acids is 1. The van der Waals surface area contributed by atoms with Crippen molar-refractivity contribution in [2.45, 2.75) is 12.6 Å². The first-order chi connectivity index (χ1) is 7.34. The summed E-state index contributed by atoms with van der Waals surface area (Å²) in [6.07, 6.45) is -4.43. The first kappa shape index (κ1) is 12.3. The fourth-order valence-electron chi connectivity index (χ4n) is 1.08. The molecule has 1 rings (SSSR count). The molecule has 1 N–H and O–H groups in total. The zero-order valence-electron chi connectivity index (χ0n) is 8.21. The van der Waals surface area contributed by atoms with Crippen LogP contribution in [-0.4, -0.2) is 23.2 Å². The summed E-state index contributed by atoms with van der Waals surface area (Å²) in [5.41, 5.74) is -1.01. The van der Waals surface area contributed by atoms with Crippen LogP contribution in [0.4, 0.5) is 13.2 Å². The first-order valence-electron chi connectivity index (χ1n) is 4.16. The van der Waals surface area contributed by atoms with Crippen molar-refractivity contribution < 1.29 is 27.8 Å². The summed E-state index contributed by atoms with van der Waals surface area (Å²) in [6.45, 7) is 0. The van der Waals surface area contributed by atoms with Crippen LogP contribution >= 0.6 is 0 Å². The third-order valence-electron chi connectivity index (χ3n) is 1.80. The van der Waals surface area contributed by atoms with E-state index in [2.05, 4.69) is 9.72 Å². The molecule has 7 heteroatoms. The minimum atomic E-state index is -4.53. The average Bonchev–Trinajstić information content (AvgIpc) is 2.15. The molecule has 0 amide bonds. The lowest BCUT2D eigenvalue weighted by Gasteiger charge is -2.10. The monoisotopic (exact) mass is 235 g/mol. The van der Waals surface area contributed by atoms with Crippen LogP contribution in [0, 0.1) is 0 Å². The lowest BCUT2D eigenvalue weighted by atomic mass is 10.2. The number of carboxylic acids is 1. The van der Waals surface area contributed by atoms with E-state index in [0.717, 1.165) is 13.2 Å². The predicted octanol–water partition coefficient (Wildman–Crippen LogP) is 1.74. The van der Waals surface area contributed by atoms with Gasteiger partial charge in [0.15, 0.2) is 0 Å². The number of carbonyl (C=O) groups is 1. The normalized spacial score (nSPS) is 11.2. The second kappa shape index (κ2) is 4.38. The van der Waals surface area contributed by atoms with Gasteiger partial charge in [-0.2, -0.15) is 13.2 Å². The summed E-state index contributed by atoms with van der Waals surface area (Å²) >= 11 is 0. The third-order valence-corrected chi connectivity index (χ3v) is 1.80. The molecule has 0 aliphatic rings. The zero-order valence-corrected chi connectivity index (χ0v) is 8.21. The topological polar surface area (TPSA) is 59.4 Å². The Kier molecular flexibility index (Phi) is 3.36. The van der Waals surface area contributed by atoms with E-state index in [-0.39, 0.29) is 11.4 Å². The molecule has 0 aliphatic carbocycles. The molecule has 0 spiro atoms. The van der Waals surface area contributed by atoms with E-state index in [4.69, 9.17) is 5.11 Å². The third kappa shape index (κ3) is 2.85. The minimum Gasteiger partial charge on any atom is -0.495 e. The fraction of sp³-hybridized carbons (Fsp3) is 0.333. The number of carboxylic acid groups (broad SMARTS) is 1. The Labute approximate surface area is 88.7 Å². The van der Waals surface area contributed by atoms with Crippen molar-refractivity contribution in [1.82, 2.24) is 4.98 Å². The highest BCUT2D eigenvalue weighted by Gasteiger charge is 2.32. The van der Waals surface area contributed by atoms with Crippen LogP contribution < -0.4 is 4.74 Å². The molecule has 88 valence electrons. The van der Waals surface area contributed by atoms with Crippen LogP contribution in [0.15, 0.2) is 12.3 Å². The van der Waals surface area contributed by atoms with Crippen molar-refractivity contribution in [1.29, 1.82) is 0 Å². The van der Waals surface area contributed by atoms with Gasteiger partial charge in [0, 0.05) is 6.20 Å². The number of ether oxygens (including phenoxy) is 1. The Balaban J connectivity index is 3.11. The lowest BCUT2D eigenvalue weighted by molar-refractivity contribution is -0.138. The number of methoxy groups -OCH3 is 1. The van der Waals surface area contributed by atoms with Gasteiger partial charge in [-0.25, -0.2) is 0 Å². The van der Waals surface area contributed by atoms with Crippen molar-refractivity contribution in [3.8, 4) is 5.75 Å². The van der Waals surface area contributed by atoms with E-state index in [0.29, 0.717) is 6.20 Å². The average molecular weight is 235 g/mol. The summed E-state index contributed by atoms with van der Waals surface area (Å²) in [5, 5.41) is 8.50. The van der Waals surface area contributed by atoms with Crippen molar-refractivity contribution in [3.05, 3.63) is 23.5 Å². The van der Waals surface area contributed by atoms with E-state index in [1.54, 1.807) is 0 Å². The molecule has 0 aliphatic heterocycles. The summed E-state index contributed by atoms with van der Waals surface area (Å²) < 4.78 is 41.5. The number of hydrogen-bond acceptors (Lipinski definition) is 3. The number of pyridine rings is 1. The number of alkyl halides is 3. The molecule has 4 nitrogen and oxygen atoms in total. The number of rotatable bonds is 3. The van der Waals surface area contributed by atoms with E-state index >= 15 is 0 Å². The molecule has 1 aromatic rings. The second-order valence-electron chi connectivity index (χ2n) is 2.94. The summed E-state index contributed by atoms with van der Waals surface area (Å²) in [4.78, 5) is 13.8. The SMILES string of the molecule is COc1cc(C(F)(F)F)cnc1CC(=O)O. The maximum atomic E-state index is 12.3. The number of halogens is 3. The van der Waals surface area contributed by atoms with Crippen LogP contribution in [0.1, 0.15) is 11.3 Å². The van der Waals surface area contributed by atoms with Crippen LogP contribution in [0.2, 0.25) is 0 Å².